The van der Waals surface area contributed by atoms with Crippen molar-refractivity contribution in [1.29, 1.82) is 0 Å². The molecule has 1 saturated heterocycles. The van der Waals surface area contributed by atoms with Gasteiger partial charge in [-0.3, -0.25) is 4.90 Å². The van der Waals surface area contributed by atoms with Crippen molar-refractivity contribution in [2.24, 2.45) is 17.6 Å². The predicted molar refractivity (Wildman–Crippen MR) is 78.8 cm³/mol. The Hall–Kier alpha value is -0.160. The van der Waals surface area contributed by atoms with Gasteiger partial charge in [0.05, 0.1) is 0 Å². The highest BCUT2D eigenvalue weighted by Crippen LogP contribution is 2.12. The van der Waals surface area contributed by atoms with Crippen molar-refractivity contribution < 1.29 is 0 Å². The Kier molecular flexibility index (Phi) is 7.15. The molecule has 2 N–H and O–H groups in total. The van der Waals surface area contributed by atoms with Crippen LogP contribution in [-0.2, 0) is 0 Å². The lowest BCUT2D eigenvalue weighted by Gasteiger charge is -2.37. The number of hydrogen-bond donors (Lipinski definition) is 1. The summed E-state index contributed by atoms with van der Waals surface area (Å²) in [6, 6.07) is 0. The predicted octanol–water partition coefficient (Wildman–Crippen LogP) is 0.397. The van der Waals surface area contributed by atoms with Crippen LogP contribution < -0.4 is 5.73 Å². The molecule has 0 aromatic heterocycles. The van der Waals surface area contributed by atoms with Crippen LogP contribution in [0.4, 0.5) is 0 Å². The molecule has 0 amide bonds. The maximum Gasteiger partial charge on any atom is 0.0110 e. The Bertz CT molecular complexity index is 210. The van der Waals surface area contributed by atoms with E-state index in [1.807, 2.05) is 0 Å². The fraction of sp³-hybridized carbons (Fsp3) is 1.00. The average Bonchev–Trinajstić information content (AvgIpc) is 2.34. The minimum Gasteiger partial charge on any atom is -0.330 e. The first-order valence-electron chi connectivity index (χ1n) is 7.32. The number of likely N-dealkylation sites (N-methyl/N-ethyl adjacent to an activating group) is 1. The fourth-order valence-electron chi connectivity index (χ4n) is 2.43. The number of piperazine rings is 1. The molecule has 1 aliphatic heterocycles. The van der Waals surface area contributed by atoms with Crippen LogP contribution in [0.5, 0.6) is 0 Å². The summed E-state index contributed by atoms with van der Waals surface area (Å²) >= 11 is 0. The van der Waals surface area contributed by atoms with E-state index in [0.717, 1.165) is 13.1 Å². The highest BCUT2D eigenvalue weighted by atomic mass is 15.3. The van der Waals surface area contributed by atoms with E-state index in [2.05, 4.69) is 42.6 Å². The molecule has 0 saturated carbocycles. The maximum atomic E-state index is 5.86. The normalized spacial score (nSPS) is 20.8. The van der Waals surface area contributed by atoms with Crippen LogP contribution in [0.15, 0.2) is 0 Å². The highest BCUT2D eigenvalue weighted by Gasteiger charge is 2.20. The largest absolute Gasteiger partial charge is 0.330 e. The van der Waals surface area contributed by atoms with E-state index in [1.165, 1.54) is 39.3 Å². The summed E-state index contributed by atoms with van der Waals surface area (Å²) in [6.45, 7) is 13.8. The van der Waals surface area contributed by atoms with Gasteiger partial charge in [0.25, 0.3) is 0 Å². The molecule has 0 aliphatic carbocycles. The molecule has 4 heteroatoms. The van der Waals surface area contributed by atoms with E-state index in [1.54, 1.807) is 0 Å². The zero-order valence-electron chi connectivity index (χ0n) is 12.7. The molecule has 0 bridgehead atoms. The molecule has 1 atom stereocenters. The van der Waals surface area contributed by atoms with Gasteiger partial charge in [0.15, 0.2) is 0 Å². The molecule has 108 valence electrons. The second-order valence-electron chi connectivity index (χ2n) is 6.19. The van der Waals surface area contributed by atoms with Crippen molar-refractivity contribution in [2.45, 2.75) is 13.8 Å². The zero-order valence-corrected chi connectivity index (χ0v) is 12.7. The number of rotatable bonds is 7. The maximum absolute atomic E-state index is 5.86. The number of nitrogens with zero attached hydrogens (tertiary/aromatic N) is 3. The summed E-state index contributed by atoms with van der Waals surface area (Å²) < 4.78 is 0. The van der Waals surface area contributed by atoms with E-state index in [9.17, 15) is 0 Å². The van der Waals surface area contributed by atoms with Crippen molar-refractivity contribution in [3.05, 3.63) is 0 Å². The zero-order chi connectivity index (χ0) is 13.5. The Labute approximate surface area is 113 Å². The first kappa shape index (κ1) is 15.9. The van der Waals surface area contributed by atoms with Crippen LogP contribution in [0.2, 0.25) is 0 Å². The molecule has 4 nitrogen and oxygen atoms in total. The lowest BCUT2D eigenvalue weighted by atomic mass is 9.95. The minimum absolute atomic E-state index is 0.651. The van der Waals surface area contributed by atoms with Gasteiger partial charge in [0.2, 0.25) is 0 Å². The van der Waals surface area contributed by atoms with Crippen molar-refractivity contribution in [3.8, 4) is 0 Å². The average molecular weight is 256 g/mol. The summed E-state index contributed by atoms with van der Waals surface area (Å²) in [7, 11) is 4.29. The topological polar surface area (TPSA) is 35.7 Å². The molecule has 0 spiro atoms. The summed E-state index contributed by atoms with van der Waals surface area (Å²) in [5.41, 5.74) is 5.86. The Morgan fingerprint density at radius 2 is 1.61 bits per heavy atom. The molecule has 1 rings (SSSR count). The molecular formula is C14H32N4. The lowest BCUT2D eigenvalue weighted by Crippen LogP contribution is -2.50. The standard InChI is InChI=1S/C14H32N4/c1-13(2)14(11-15)12-18-9-7-17(8-10-18)6-5-16(3)4/h13-14H,5-12,15H2,1-4H3. The Morgan fingerprint density at radius 3 is 2.06 bits per heavy atom. The van der Waals surface area contributed by atoms with Crippen molar-refractivity contribution in [1.82, 2.24) is 14.7 Å². The third kappa shape index (κ3) is 5.65. The van der Waals surface area contributed by atoms with Crippen LogP contribution >= 0.6 is 0 Å². The molecule has 0 aromatic carbocycles. The summed E-state index contributed by atoms with van der Waals surface area (Å²) in [6.07, 6.45) is 0. The molecule has 1 unspecified atom stereocenters. The van der Waals surface area contributed by atoms with Crippen molar-refractivity contribution in [3.63, 3.8) is 0 Å². The van der Waals surface area contributed by atoms with Crippen molar-refractivity contribution >= 4 is 0 Å². The molecule has 1 aliphatic rings. The molecule has 1 heterocycles. The lowest BCUT2D eigenvalue weighted by molar-refractivity contribution is 0.105. The summed E-state index contributed by atoms with van der Waals surface area (Å²) in [5.74, 6) is 1.35. The Balaban J connectivity index is 2.22. The Morgan fingerprint density at radius 1 is 1.06 bits per heavy atom. The van der Waals surface area contributed by atoms with E-state index >= 15 is 0 Å². The molecular weight excluding hydrogens is 224 g/mol. The highest BCUT2D eigenvalue weighted by molar-refractivity contribution is 4.76. The van der Waals surface area contributed by atoms with Gasteiger partial charge in [0.1, 0.15) is 0 Å². The van der Waals surface area contributed by atoms with Gasteiger partial charge in [-0.2, -0.15) is 0 Å². The van der Waals surface area contributed by atoms with Crippen LogP contribution in [0.3, 0.4) is 0 Å². The fourth-order valence-corrected chi connectivity index (χ4v) is 2.43. The third-order valence-electron chi connectivity index (χ3n) is 4.07. The first-order valence-corrected chi connectivity index (χ1v) is 7.32. The molecule has 1 fully saturated rings. The van der Waals surface area contributed by atoms with E-state index in [4.69, 9.17) is 5.73 Å². The van der Waals surface area contributed by atoms with Gasteiger partial charge < -0.3 is 15.5 Å². The summed E-state index contributed by atoms with van der Waals surface area (Å²) in [5, 5.41) is 0. The number of nitrogens with two attached hydrogens (primary N) is 1. The van der Waals surface area contributed by atoms with E-state index in [0.29, 0.717) is 11.8 Å². The van der Waals surface area contributed by atoms with Crippen LogP contribution in [0.25, 0.3) is 0 Å². The molecule has 0 radical (unpaired) electrons. The minimum atomic E-state index is 0.651. The van der Waals surface area contributed by atoms with Gasteiger partial charge >= 0.3 is 0 Å². The number of hydrogen-bond acceptors (Lipinski definition) is 4. The summed E-state index contributed by atoms with van der Waals surface area (Å²) in [4.78, 5) is 7.42. The van der Waals surface area contributed by atoms with E-state index in [-0.39, 0.29) is 0 Å². The second-order valence-corrected chi connectivity index (χ2v) is 6.19. The van der Waals surface area contributed by atoms with Crippen molar-refractivity contribution in [2.75, 3.05) is 66.5 Å². The van der Waals surface area contributed by atoms with Gasteiger partial charge in [-0.25, -0.2) is 0 Å². The van der Waals surface area contributed by atoms with Gasteiger partial charge in [-0.1, -0.05) is 13.8 Å². The first-order chi connectivity index (χ1) is 8.52. The monoisotopic (exact) mass is 256 g/mol. The third-order valence-corrected chi connectivity index (χ3v) is 4.07. The van der Waals surface area contributed by atoms with Crippen LogP contribution in [0.1, 0.15) is 13.8 Å². The molecule has 0 aromatic rings. The van der Waals surface area contributed by atoms with E-state index < -0.39 is 0 Å². The smallest absolute Gasteiger partial charge is 0.0110 e. The quantitative estimate of drug-likeness (QED) is 0.715. The molecule has 18 heavy (non-hydrogen) atoms. The van der Waals surface area contributed by atoms with Crippen LogP contribution in [0, 0.1) is 11.8 Å². The van der Waals surface area contributed by atoms with Gasteiger partial charge in [0, 0.05) is 45.8 Å². The SMILES string of the molecule is CC(C)C(CN)CN1CCN(CCN(C)C)CC1. The van der Waals surface area contributed by atoms with Crippen LogP contribution in [-0.4, -0.2) is 81.2 Å². The van der Waals surface area contributed by atoms with Gasteiger partial charge in [-0.15, -0.1) is 0 Å². The van der Waals surface area contributed by atoms with Gasteiger partial charge in [-0.05, 0) is 32.5 Å². The second kappa shape index (κ2) is 8.10.